The number of hydrogen-bond acceptors (Lipinski definition) is 4. The molecule has 1 amide bonds. The van der Waals surface area contributed by atoms with E-state index in [2.05, 4.69) is 17.2 Å². The van der Waals surface area contributed by atoms with Crippen molar-refractivity contribution in [2.45, 2.75) is 44.4 Å². The second-order valence-electron chi connectivity index (χ2n) is 8.78. The number of carbonyl (C=O) groups is 1. The first kappa shape index (κ1) is 26.1. The summed E-state index contributed by atoms with van der Waals surface area (Å²) in [5.74, 6) is 0.338. The monoisotopic (exact) mass is 486 g/mol. The molecule has 0 aliphatic rings. The van der Waals surface area contributed by atoms with Crippen molar-refractivity contribution >= 4 is 5.91 Å². The van der Waals surface area contributed by atoms with E-state index in [0.717, 1.165) is 29.0 Å². The number of carbonyl (C=O) groups excluding carboxylic acids is 1. The number of benzene rings is 2. The predicted molar refractivity (Wildman–Crippen MR) is 128 cm³/mol. The Balaban J connectivity index is 1.72. The van der Waals surface area contributed by atoms with Crippen molar-refractivity contribution < 1.29 is 27.4 Å². The molecule has 0 radical (unpaired) electrons. The highest BCUT2D eigenvalue weighted by Gasteiger charge is 2.33. The first-order chi connectivity index (χ1) is 16.5. The molecule has 2 unspecified atom stereocenters. The summed E-state index contributed by atoms with van der Waals surface area (Å²) in [7, 11) is 1.62. The van der Waals surface area contributed by atoms with Crippen molar-refractivity contribution in [3.63, 3.8) is 0 Å². The van der Waals surface area contributed by atoms with E-state index in [-0.39, 0.29) is 17.7 Å². The second-order valence-corrected chi connectivity index (χ2v) is 8.78. The Labute approximate surface area is 203 Å². The van der Waals surface area contributed by atoms with Crippen LogP contribution >= 0.6 is 0 Å². The number of methoxy groups -OCH3 is 1. The minimum atomic E-state index is -4.49. The van der Waals surface area contributed by atoms with Crippen LogP contribution in [0.15, 0.2) is 72.9 Å². The molecule has 2 aromatic carbocycles. The highest BCUT2D eigenvalue weighted by molar-refractivity contribution is 5.84. The molecule has 3 aromatic rings. The lowest BCUT2D eigenvalue weighted by Crippen LogP contribution is -2.48. The number of nitrogens with one attached hydrogen (secondary N) is 1. The van der Waals surface area contributed by atoms with Gasteiger partial charge in [-0.25, -0.2) is 4.98 Å². The summed E-state index contributed by atoms with van der Waals surface area (Å²) in [5.41, 5.74) is -0.0694. The summed E-state index contributed by atoms with van der Waals surface area (Å²) in [6.45, 7) is 5.53. The van der Waals surface area contributed by atoms with Gasteiger partial charge in [-0.15, -0.1) is 0 Å². The highest BCUT2D eigenvalue weighted by atomic mass is 19.4. The van der Waals surface area contributed by atoms with Gasteiger partial charge >= 0.3 is 6.18 Å². The van der Waals surface area contributed by atoms with E-state index in [4.69, 9.17) is 9.47 Å². The fraction of sp³-hybridized carbons (Fsp3) is 0.333. The summed E-state index contributed by atoms with van der Waals surface area (Å²) in [6, 6.07) is 19.7. The third-order valence-electron chi connectivity index (χ3n) is 5.93. The van der Waals surface area contributed by atoms with E-state index in [9.17, 15) is 18.0 Å². The zero-order chi connectivity index (χ0) is 25.6. The van der Waals surface area contributed by atoms with Crippen LogP contribution in [0.5, 0.6) is 11.6 Å². The largest absolute Gasteiger partial charge is 0.497 e. The predicted octanol–water partition coefficient (Wildman–Crippen LogP) is 5.97. The molecular formula is C27H29F3N2O3. The average Bonchev–Trinajstić information content (AvgIpc) is 2.84. The Hall–Kier alpha value is -3.55. The molecule has 1 heterocycles. The molecule has 0 saturated carbocycles. The molecule has 0 fully saturated rings. The number of hydrogen-bond donors (Lipinski definition) is 1. The molecule has 186 valence electrons. The van der Waals surface area contributed by atoms with Gasteiger partial charge in [-0.3, -0.25) is 4.79 Å². The number of nitrogens with zero attached hydrogens (tertiary/aromatic N) is 1. The van der Waals surface area contributed by atoms with Gasteiger partial charge in [0.05, 0.1) is 12.7 Å². The lowest BCUT2D eigenvalue weighted by Gasteiger charge is -2.29. The van der Waals surface area contributed by atoms with Crippen LogP contribution in [0.25, 0.3) is 0 Å². The molecule has 0 bridgehead atoms. The van der Waals surface area contributed by atoms with Crippen molar-refractivity contribution in [2.75, 3.05) is 13.7 Å². The number of aromatic nitrogens is 1. The van der Waals surface area contributed by atoms with Gasteiger partial charge in [0, 0.05) is 24.7 Å². The SMILES string of the molecule is COc1ccc(C(C)C(CNC(=O)C(C)(C)Oc2ccc(C(F)(F)F)cn2)c2ccccc2)cc1. The fourth-order valence-electron chi connectivity index (χ4n) is 3.75. The van der Waals surface area contributed by atoms with Crippen molar-refractivity contribution in [2.24, 2.45) is 0 Å². The van der Waals surface area contributed by atoms with E-state index in [1.54, 1.807) is 21.0 Å². The van der Waals surface area contributed by atoms with E-state index >= 15 is 0 Å². The third-order valence-corrected chi connectivity index (χ3v) is 5.93. The first-order valence-electron chi connectivity index (χ1n) is 11.2. The van der Waals surface area contributed by atoms with Gasteiger partial charge in [0.2, 0.25) is 5.88 Å². The van der Waals surface area contributed by atoms with E-state index in [1.807, 2.05) is 54.6 Å². The Morgan fingerprint density at radius 2 is 1.63 bits per heavy atom. The van der Waals surface area contributed by atoms with Crippen LogP contribution in [0.3, 0.4) is 0 Å². The number of pyridine rings is 1. The molecule has 0 saturated heterocycles. The zero-order valence-corrected chi connectivity index (χ0v) is 20.1. The van der Waals surface area contributed by atoms with Gasteiger partial charge in [-0.05, 0) is 49.1 Å². The number of amides is 1. The van der Waals surface area contributed by atoms with Crippen LogP contribution in [-0.2, 0) is 11.0 Å². The maximum absolute atomic E-state index is 13.0. The van der Waals surface area contributed by atoms with Crippen molar-refractivity contribution in [1.82, 2.24) is 10.3 Å². The molecule has 1 aromatic heterocycles. The normalized spacial score (nSPS) is 13.6. The zero-order valence-electron chi connectivity index (χ0n) is 20.1. The van der Waals surface area contributed by atoms with Gasteiger partial charge in [-0.1, -0.05) is 49.4 Å². The van der Waals surface area contributed by atoms with Crippen LogP contribution in [-0.4, -0.2) is 30.1 Å². The molecule has 5 nitrogen and oxygen atoms in total. The summed E-state index contributed by atoms with van der Waals surface area (Å²) in [5, 5.41) is 2.95. The molecule has 0 spiro atoms. The van der Waals surface area contributed by atoms with Gasteiger partial charge in [-0.2, -0.15) is 13.2 Å². The maximum atomic E-state index is 13.0. The van der Waals surface area contributed by atoms with Crippen molar-refractivity contribution in [3.8, 4) is 11.6 Å². The Morgan fingerprint density at radius 3 is 2.17 bits per heavy atom. The van der Waals surface area contributed by atoms with Gasteiger partial charge in [0.15, 0.2) is 5.60 Å². The summed E-state index contributed by atoms with van der Waals surface area (Å²) >= 11 is 0. The quantitative estimate of drug-likeness (QED) is 0.405. The summed E-state index contributed by atoms with van der Waals surface area (Å²) in [4.78, 5) is 16.7. The topological polar surface area (TPSA) is 60.5 Å². The average molecular weight is 487 g/mol. The summed E-state index contributed by atoms with van der Waals surface area (Å²) in [6.07, 6.45) is -3.81. The van der Waals surface area contributed by atoms with E-state index in [1.165, 1.54) is 0 Å². The van der Waals surface area contributed by atoms with Crippen LogP contribution in [0.1, 0.15) is 49.3 Å². The Morgan fingerprint density at radius 1 is 0.971 bits per heavy atom. The minimum Gasteiger partial charge on any atom is -0.497 e. The van der Waals surface area contributed by atoms with Crippen LogP contribution in [0.4, 0.5) is 13.2 Å². The first-order valence-corrected chi connectivity index (χ1v) is 11.2. The number of alkyl halides is 3. The van der Waals surface area contributed by atoms with Crippen LogP contribution in [0.2, 0.25) is 0 Å². The van der Waals surface area contributed by atoms with Crippen LogP contribution < -0.4 is 14.8 Å². The lowest BCUT2D eigenvalue weighted by atomic mass is 9.82. The standard InChI is InChI=1S/C27H29F3N2O3/c1-18(19-10-13-22(34-4)14-11-19)23(20-8-6-5-7-9-20)17-32-25(33)26(2,3)35-24-15-12-21(16-31-24)27(28,29)30/h5-16,18,23H,17H2,1-4H3,(H,32,33). The van der Waals surface area contributed by atoms with E-state index < -0.39 is 23.2 Å². The molecule has 3 rings (SSSR count). The lowest BCUT2D eigenvalue weighted by molar-refractivity contribution is -0.138. The highest BCUT2D eigenvalue weighted by Crippen LogP contribution is 2.33. The molecule has 2 atom stereocenters. The number of halogens is 3. The molecule has 0 aliphatic heterocycles. The Bertz CT molecular complexity index is 1100. The second kappa shape index (κ2) is 10.8. The molecular weight excluding hydrogens is 457 g/mol. The summed E-state index contributed by atoms with van der Waals surface area (Å²) < 4.78 is 49.2. The fourth-order valence-corrected chi connectivity index (χ4v) is 3.75. The van der Waals surface area contributed by atoms with Crippen molar-refractivity contribution in [3.05, 3.63) is 89.6 Å². The third kappa shape index (κ3) is 6.74. The van der Waals surface area contributed by atoms with Crippen molar-refractivity contribution in [1.29, 1.82) is 0 Å². The number of rotatable bonds is 9. The molecule has 0 aliphatic carbocycles. The smallest absolute Gasteiger partial charge is 0.417 e. The molecule has 1 N–H and O–H groups in total. The van der Waals surface area contributed by atoms with E-state index in [0.29, 0.717) is 12.7 Å². The molecule has 35 heavy (non-hydrogen) atoms. The Kier molecular flexibility index (Phi) is 8.04. The van der Waals surface area contributed by atoms with Gasteiger partial charge < -0.3 is 14.8 Å². The maximum Gasteiger partial charge on any atom is 0.417 e. The van der Waals surface area contributed by atoms with Gasteiger partial charge in [0.1, 0.15) is 5.75 Å². The van der Waals surface area contributed by atoms with Crippen LogP contribution in [0, 0.1) is 0 Å². The minimum absolute atomic E-state index is 0.0338. The molecule has 8 heteroatoms. The van der Waals surface area contributed by atoms with Gasteiger partial charge in [0.25, 0.3) is 5.91 Å². The number of ether oxygens (including phenoxy) is 2.